The second-order valence-electron chi connectivity index (χ2n) is 10.1. The summed E-state index contributed by atoms with van der Waals surface area (Å²) in [4.78, 5) is 33.6. The number of fused-ring (bicyclic) bond motifs is 1. The highest BCUT2D eigenvalue weighted by Gasteiger charge is 2.23. The van der Waals surface area contributed by atoms with Gasteiger partial charge in [-0.1, -0.05) is 91.6 Å². The number of aromatic nitrogens is 1. The van der Waals surface area contributed by atoms with Gasteiger partial charge < -0.3 is 20.1 Å². The molecule has 0 spiro atoms. The van der Waals surface area contributed by atoms with E-state index in [4.69, 9.17) is 23.2 Å². The molecular formula is C31H34Cl2N4O2. The molecule has 4 rings (SSSR count). The zero-order chi connectivity index (χ0) is 27.8. The summed E-state index contributed by atoms with van der Waals surface area (Å²) >= 11 is 12.4. The second-order valence-corrected chi connectivity index (χ2v) is 10.9. The highest BCUT2D eigenvalue weighted by atomic mass is 35.5. The number of urea groups is 1. The third kappa shape index (κ3) is 8.01. The van der Waals surface area contributed by atoms with Crippen LogP contribution < -0.4 is 5.32 Å². The molecule has 0 radical (unpaired) electrons. The van der Waals surface area contributed by atoms with Gasteiger partial charge in [0.25, 0.3) is 0 Å². The maximum Gasteiger partial charge on any atom is 0.318 e. The largest absolute Gasteiger partial charge is 0.361 e. The Kier molecular flexibility index (Phi) is 9.90. The van der Waals surface area contributed by atoms with Crippen molar-refractivity contribution in [1.29, 1.82) is 0 Å². The Hall–Kier alpha value is -3.48. The first-order chi connectivity index (χ1) is 18.8. The summed E-state index contributed by atoms with van der Waals surface area (Å²) in [6.07, 6.45) is 2.66. The third-order valence-corrected chi connectivity index (χ3v) is 7.26. The first-order valence-corrected chi connectivity index (χ1v) is 13.9. The Morgan fingerprint density at radius 1 is 0.897 bits per heavy atom. The van der Waals surface area contributed by atoms with Crippen LogP contribution in [0.2, 0.25) is 10.0 Å². The van der Waals surface area contributed by atoms with Gasteiger partial charge in [-0.05, 0) is 47.2 Å². The molecule has 8 heteroatoms. The minimum atomic E-state index is -0.257. The van der Waals surface area contributed by atoms with Gasteiger partial charge in [0.05, 0.1) is 10.0 Å². The standard InChI is InChI=1S/C31H34Cl2N4O2/c1-22(2)19-37(31(39)35-17-23-8-4-3-5-9-23)21-30(38)36(20-24-12-13-27(32)28(33)16-24)15-14-25-18-34-29-11-7-6-10-26(25)29/h3-13,16,18,22,34H,14-15,17,19-21H2,1-2H3,(H,35,39). The van der Waals surface area contributed by atoms with Gasteiger partial charge in [0, 0.05) is 43.3 Å². The third-order valence-electron chi connectivity index (χ3n) is 6.52. The Balaban J connectivity index is 1.50. The van der Waals surface area contributed by atoms with E-state index in [1.54, 1.807) is 21.9 Å². The first-order valence-electron chi connectivity index (χ1n) is 13.1. The molecule has 0 unspecified atom stereocenters. The fourth-order valence-electron chi connectivity index (χ4n) is 4.55. The fourth-order valence-corrected chi connectivity index (χ4v) is 4.87. The molecule has 0 saturated carbocycles. The van der Waals surface area contributed by atoms with Gasteiger partial charge in [0.15, 0.2) is 0 Å². The van der Waals surface area contributed by atoms with Crippen molar-refractivity contribution >= 4 is 46.0 Å². The lowest BCUT2D eigenvalue weighted by Crippen LogP contribution is -2.48. The van der Waals surface area contributed by atoms with Gasteiger partial charge in [0.2, 0.25) is 5.91 Å². The van der Waals surface area contributed by atoms with Crippen LogP contribution in [0.3, 0.4) is 0 Å². The van der Waals surface area contributed by atoms with Crippen LogP contribution in [0.25, 0.3) is 10.9 Å². The number of nitrogens with one attached hydrogen (secondary N) is 2. The molecule has 3 amide bonds. The van der Waals surface area contributed by atoms with E-state index < -0.39 is 0 Å². The number of nitrogens with zero attached hydrogens (tertiary/aromatic N) is 2. The summed E-state index contributed by atoms with van der Waals surface area (Å²) in [5.74, 6) is 0.0754. The van der Waals surface area contributed by atoms with Crippen molar-refractivity contribution < 1.29 is 9.59 Å². The number of rotatable bonds is 11. The molecule has 204 valence electrons. The summed E-state index contributed by atoms with van der Waals surface area (Å²) in [7, 11) is 0. The molecular weight excluding hydrogens is 531 g/mol. The van der Waals surface area contributed by atoms with E-state index in [1.165, 1.54) is 0 Å². The fraction of sp³-hybridized carbons (Fsp3) is 0.290. The van der Waals surface area contributed by atoms with E-state index in [9.17, 15) is 9.59 Å². The van der Waals surface area contributed by atoms with E-state index in [-0.39, 0.29) is 24.4 Å². The van der Waals surface area contributed by atoms with Crippen molar-refractivity contribution in [2.75, 3.05) is 19.6 Å². The number of H-pyrrole nitrogens is 1. The number of para-hydroxylation sites is 1. The Morgan fingerprint density at radius 2 is 1.64 bits per heavy atom. The number of hydrogen-bond donors (Lipinski definition) is 2. The lowest BCUT2D eigenvalue weighted by molar-refractivity contribution is -0.132. The van der Waals surface area contributed by atoms with Crippen LogP contribution in [0.5, 0.6) is 0 Å². The molecule has 0 bridgehead atoms. The van der Waals surface area contributed by atoms with Gasteiger partial charge in [-0.2, -0.15) is 0 Å². The number of amides is 3. The smallest absolute Gasteiger partial charge is 0.318 e. The number of aromatic amines is 1. The van der Waals surface area contributed by atoms with Crippen molar-refractivity contribution in [3.8, 4) is 0 Å². The quantitative estimate of drug-likeness (QED) is 0.208. The maximum absolute atomic E-state index is 13.7. The van der Waals surface area contributed by atoms with Crippen molar-refractivity contribution in [2.45, 2.75) is 33.4 Å². The normalized spacial score (nSPS) is 11.1. The average Bonchev–Trinajstić information content (AvgIpc) is 3.34. The summed E-state index contributed by atoms with van der Waals surface area (Å²) in [5.41, 5.74) is 4.08. The number of halogens is 2. The molecule has 4 aromatic rings. The molecule has 0 aliphatic rings. The van der Waals surface area contributed by atoms with Crippen LogP contribution in [-0.4, -0.2) is 46.4 Å². The van der Waals surface area contributed by atoms with Crippen LogP contribution in [-0.2, 0) is 24.3 Å². The van der Waals surface area contributed by atoms with E-state index in [1.807, 2.05) is 74.6 Å². The summed E-state index contributed by atoms with van der Waals surface area (Å²) < 4.78 is 0. The van der Waals surface area contributed by atoms with Gasteiger partial charge in [-0.25, -0.2) is 4.79 Å². The lowest BCUT2D eigenvalue weighted by atomic mass is 10.1. The monoisotopic (exact) mass is 564 g/mol. The molecule has 39 heavy (non-hydrogen) atoms. The van der Waals surface area contributed by atoms with Crippen molar-refractivity contribution in [3.05, 3.63) is 106 Å². The molecule has 6 nitrogen and oxygen atoms in total. The van der Waals surface area contributed by atoms with Gasteiger partial charge >= 0.3 is 6.03 Å². The van der Waals surface area contributed by atoms with Crippen LogP contribution in [0, 0.1) is 5.92 Å². The van der Waals surface area contributed by atoms with Crippen LogP contribution >= 0.6 is 23.2 Å². The van der Waals surface area contributed by atoms with Gasteiger partial charge in [-0.3, -0.25) is 4.79 Å². The van der Waals surface area contributed by atoms with Gasteiger partial charge in [-0.15, -0.1) is 0 Å². The zero-order valence-electron chi connectivity index (χ0n) is 22.3. The van der Waals surface area contributed by atoms with Crippen molar-refractivity contribution in [2.24, 2.45) is 5.92 Å². The Bertz CT molecular complexity index is 1400. The molecule has 0 saturated heterocycles. The van der Waals surface area contributed by atoms with Gasteiger partial charge in [0.1, 0.15) is 6.54 Å². The molecule has 0 aliphatic carbocycles. The summed E-state index contributed by atoms with van der Waals surface area (Å²) in [6.45, 7) is 5.76. The van der Waals surface area contributed by atoms with E-state index >= 15 is 0 Å². The minimum Gasteiger partial charge on any atom is -0.361 e. The van der Waals surface area contributed by atoms with Crippen LogP contribution in [0.15, 0.2) is 79.0 Å². The maximum atomic E-state index is 13.7. The number of benzene rings is 3. The average molecular weight is 566 g/mol. The molecule has 0 aliphatic heterocycles. The second kappa shape index (κ2) is 13.5. The van der Waals surface area contributed by atoms with Crippen molar-refractivity contribution in [1.82, 2.24) is 20.1 Å². The highest BCUT2D eigenvalue weighted by molar-refractivity contribution is 6.42. The predicted molar refractivity (Wildman–Crippen MR) is 159 cm³/mol. The molecule has 2 N–H and O–H groups in total. The molecule has 0 atom stereocenters. The van der Waals surface area contributed by atoms with Crippen LogP contribution in [0.4, 0.5) is 4.79 Å². The number of carbonyl (C=O) groups is 2. The van der Waals surface area contributed by atoms with Crippen LogP contribution in [0.1, 0.15) is 30.5 Å². The number of carbonyl (C=O) groups excluding carboxylic acids is 2. The Morgan fingerprint density at radius 3 is 2.38 bits per heavy atom. The summed E-state index contributed by atoms with van der Waals surface area (Å²) in [5, 5.41) is 5.02. The molecule has 1 heterocycles. The molecule has 0 fully saturated rings. The van der Waals surface area contributed by atoms with E-state index in [0.29, 0.717) is 42.6 Å². The van der Waals surface area contributed by atoms with E-state index in [0.717, 1.165) is 27.6 Å². The topological polar surface area (TPSA) is 68.4 Å². The number of hydrogen-bond acceptors (Lipinski definition) is 2. The molecule has 3 aromatic carbocycles. The minimum absolute atomic E-state index is 0.0198. The predicted octanol–water partition coefficient (Wildman–Crippen LogP) is 6.91. The van der Waals surface area contributed by atoms with E-state index in [2.05, 4.69) is 16.4 Å². The highest BCUT2D eigenvalue weighted by Crippen LogP contribution is 2.24. The lowest BCUT2D eigenvalue weighted by Gasteiger charge is -2.29. The summed E-state index contributed by atoms with van der Waals surface area (Å²) in [6, 6.07) is 23.0. The van der Waals surface area contributed by atoms with Crippen molar-refractivity contribution in [3.63, 3.8) is 0 Å². The SMILES string of the molecule is CC(C)CN(CC(=O)N(CCc1c[nH]c2ccccc12)Cc1ccc(Cl)c(Cl)c1)C(=O)NCc1ccccc1. The Labute approximate surface area is 239 Å². The molecule has 1 aromatic heterocycles. The first kappa shape index (κ1) is 28.5. The zero-order valence-corrected chi connectivity index (χ0v) is 23.8.